The Morgan fingerprint density at radius 2 is 2.21 bits per heavy atom. The van der Waals surface area contributed by atoms with Crippen molar-refractivity contribution in [1.29, 1.82) is 0 Å². The van der Waals surface area contributed by atoms with Crippen molar-refractivity contribution in [1.82, 2.24) is 14.9 Å². The van der Waals surface area contributed by atoms with Crippen LogP contribution in [0.4, 0.5) is 4.39 Å². The lowest BCUT2D eigenvalue weighted by atomic mass is 10.0. The van der Waals surface area contributed by atoms with Gasteiger partial charge in [-0.1, -0.05) is 12.1 Å². The van der Waals surface area contributed by atoms with Gasteiger partial charge < -0.3 is 14.6 Å². The summed E-state index contributed by atoms with van der Waals surface area (Å²) >= 11 is 0. The molecular weight excluding hydrogens is 309 g/mol. The molecule has 1 fully saturated rings. The second kappa shape index (κ2) is 7.57. The zero-order chi connectivity index (χ0) is 16.9. The highest BCUT2D eigenvalue weighted by Gasteiger charge is 2.26. The summed E-state index contributed by atoms with van der Waals surface area (Å²) in [5, 5.41) is 3.09. The maximum Gasteiger partial charge on any atom is 0.220 e. The van der Waals surface area contributed by atoms with Crippen LogP contribution in [0.2, 0.25) is 0 Å². The molecule has 3 rings (SSSR count). The number of rotatable bonds is 5. The summed E-state index contributed by atoms with van der Waals surface area (Å²) in [4.78, 5) is 16.3. The van der Waals surface area contributed by atoms with Gasteiger partial charge in [0.05, 0.1) is 18.2 Å². The van der Waals surface area contributed by atoms with E-state index in [9.17, 15) is 9.18 Å². The van der Waals surface area contributed by atoms with Crippen LogP contribution in [-0.4, -0.2) is 28.1 Å². The molecule has 1 aromatic carbocycles. The van der Waals surface area contributed by atoms with Gasteiger partial charge >= 0.3 is 0 Å². The standard InChI is InChI=1S/C18H22FN3O2/c1-22-12-20-11-16(22)17-10-15(8-9-24-17)21-18(23)7-4-13-2-5-14(19)6-3-13/h2-3,5-6,11-12,15,17H,4,7-10H2,1H3,(H,21,23)/t15-,17+/m1/s1. The first-order valence-electron chi connectivity index (χ1n) is 8.23. The minimum Gasteiger partial charge on any atom is -0.372 e. The zero-order valence-corrected chi connectivity index (χ0v) is 13.7. The highest BCUT2D eigenvalue weighted by molar-refractivity contribution is 5.76. The Morgan fingerprint density at radius 1 is 1.42 bits per heavy atom. The van der Waals surface area contributed by atoms with E-state index in [2.05, 4.69) is 10.3 Å². The van der Waals surface area contributed by atoms with E-state index in [1.807, 2.05) is 17.8 Å². The van der Waals surface area contributed by atoms with Gasteiger partial charge in [-0.2, -0.15) is 0 Å². The lowest BCUT2D eigenvalue weighted by Crippen LogP contribution is -2.40. The Bertz CT molecular complexity index is 684. The predicted molar refractivity (Wildman–Crippen MR) is 87.8 cm³/mol. The number of ether oxygens (including phenoxy) is 1. The molecule has 1 aliphatic heterocycles. The maximum atomic E-state index is 12.9. The summed E-state index contributed by atoms with van der Waals surface area (Å²) < 4.78 is 20.6. The third-order valence-corrected chi connectivity index (χ3v) is 4.39. The molecule has 2 atom stereocenters. The summed E-state index contributed by atoms with van der Waals surface area (Å²) in [5.74, 6) is -0.235. The summed E-state index contributed by atoms with van der Waals surface area (Å²) in [6, 6.07) is 6.39. The van der Waals surface area contributed by atoms with E-state index in [-0.39, 0.29) is 23.9 Å². The number of hydrogen-bond donors (Lipinski definition) is 1. The van der Waals surface area contributed by atoms with E-state index in [1.165, 1.54) is 12.1 Å². The topological polar surface area (TPSA) is 56.2 Å². The molecule has 128 valence electrons. The lowest BCUT2D eigenvalue weighted by molar-refractivity contribution is -0.122. The minimum absolute atomic E-state index is 0.0231. The fraction of sp³-hybridized carbons (Fsp3) is 0.444. The molecule has 24 heavy (non-hydrogen) atoms. The van der Waals surface area contributed by atoms with E-state index in [1.54, 1.807) is 18.5 Å². The van der Waals surface area contributed by atoms with Crippen LogP contribution >= 0.6 is 0 Å². The quantitative estimate of drug-likeness (QED) is 0.916. The van der Waals surface area contributed by atoms with Gasteiger partial charge in [-0.05, 0) is 37.0 Å². The van der Waals surface area contributed by atoms with Crippen LogP contribution < -0.4 is 5.32 Å². The molecule has 0 bridgehead atoms. The monoisotopic (exact) mass is 331 g/mol. The van der Waals surface area contributed by atoms with Crippen molar-refractivity contribution in [3.05, 3.63) is 53.9 Å². The number of imidazole rings is 1. The molecule has 1 N–H and O–H groups in total. The number of aryl methyl sites for hydroxylation is 2. The van der Waals surface area contributed by atoms with Gasteiger partial charge in [-0.15, -0.1) is 0 Å². The highest BCUT2D eigenvalue weighted by atomic mass is 19.1. The average Bonchev–Trinajstić information content (AvgIpc) is 3.01. The van der Waals surface area contributed by atoms with Gasteiger partial charge in [-0.25, -0.2) is 9.37 Å². The molecule has 1 aliphatic rings. The first-order chi connectivity index (χ1) is 11.6. The first-order valence-corrected chi connectivity index (χ1v) is 8.23. The van der Waals surface area contributed by atoms with Crippen LogP contribution in [-0.2, 0) is 23.0 Å². The molecular formula is C18H22FN3O2. The molecule has 6 heteroatoms. The van der Waals surface area contributed by atoms with Gasteiger partial charge in [0.1, 0.15) is 11.9 Å². The van der Waals surface area contributed by atoms with E-state index in [0.717, 1.165) is 24.1 Å². The number of hydrogen-bond acceptors (Lipinski definition) is 3. The van der Waals surface area contributed by atoms with Gasteiger partial charge in [0.2, 0.25) is 5.91 Å². The number of nitrogens with zero attached hydrogens (tertiary/aromatic N) is 2. The Labute approximate surface area is 140 Å². The Kier molecular flexibility index (Phi) is 5.25. The number of amides is 1. The van der Waals surface area contributed by atoms with Crippen LogP contribution in [0.3, 0.4) is 0 Å². The highest BCUT2D eigenvalue weighted by Crippen LogP contribution is 2.27. The molecule has 0 spiro atoms. The SMILES string of the molecule is Cn1cncc1[C@@H]1C[C@H](NC(=O)CCc2ccc(F)cc2)CCO1. The van der Waals surface area contributed by atoms with Crippen molar-refractivity contribution in [2.75, 3.05) is 6.61 Å². The van der Waals surface area contributed by atoms with Gasteiger partial charge in [0.15, 0.2) is 0 Å². The Balaban J connectivity index is 1.49. The van der Waals surface area contributed by atoms with Crippen molar-refractivity contribution in [2.45, 2.75) is 37.8 Å². The predicted octanol–water partition coefficient (Wildman–Crippen LogP) is 2.53. The lowest BCUT2D eigenvalue weighted by Gasteiger charge is -2.30. The third kappa shape index (κ3) is 4.20. The second-order valence-corrected chi connectivity index (χ2v) is 6.20. The van der Waals surface area contributed by atoms with Gasteiger partial charge in [-0.3, -0.25) is 4.79 Å². The van der Waals surface area contributed by atoms with Crippen molar-refractivity contribution >= 4 is 5.91 Å². The normalized spacial score (nSPS) is 20.8. The van der Waals surface area contributed by atoms with Crippen molar-refractivity contribution in [3.63, 3.8) is 0 Å². The molecule has 1 aromatic heterocycles. The summed E-state index contributed by atoms with van der Waals surface area (Å²) in [6.07, 6.45) is 6.11. The molecule has 1 saturated heterocycles. The van der Waals surface area contributed by atoms with Crippen LogP contribution in [0, 0.1) is 5.82 Å². The maximum absolute atomic E-state index is 12.9. The van der Waals surface area contributed by atoms with Crippen molar-refractivity contribution < 1.29 is 13.9 Å². The van der Waals surface area contributed by atoms with Crippen molar-refractivity contribution in [2.24, 2.45) is 7.05 Å². The fourth-order valence-corrected chi connectivity index (χ4v) is 3.02. The van der Waals surface area contributed by atoms with E-state index in [4.69, 9.17) is 4.74 Å². The second-order valence-electron chi connectivity index (χ2n) is 6.20. The fourth-order valence-electron chi connectivity index (χ4n) is 3.02. The van der Waals surface area contributed by atoms with Gasteiger partial charge in [0, 0.05) is 26.1 Å². The van der Waals surface area contributed by atoms with Crippen LogP contribution in [0.15, 0.2) is 36.8 Å². The minimum atomic E-state index is -0.258. The zero-order valence-electron chi connectivity index (χ0n) is 13.7. The first kappa shape index (κ1) is 16.6. The number of halogens is 1. The van der Waals surface area contributed by atoms with E-state index in [0.29, 0.717) is 19.4 Å². The van der Waals surface area contributed by atoms with Crippen molar-refractivity contribution in [3.8, 4) is 0 Å². The molecule has 0 radical (unpaired) electrons. The summed E-state index contributed by atoms with van der Waals surface area (Å²) in [6.45, 7) is 0.624. The van der Waals surface area contributed by atoms with E-state index >= 15 is 0 Å². The number of nitrogens with one attached hydrogen (secondary N) is 1. The summed E-state index contributed by atoms with van der Waals surface area (Å²) in [7, 11) is 1.94. The number of carbonyl (C=O) groups is 1. The molecule has 2 aromatic rings. The van der Waals surface area contributed by atoms with Crippen LogP contribution in [0.1, 0.15) is 36.6 Å². The Morgan fingerprint density at radius 3 is 2.92 bits per heavy atom. The molecule has 1 amide bonds. The molecule has 5 nitrogen and oxygen atoms in total. The largest absolute Gasteiger partial charge is 0.372 e. The molecule has 0 saturated carbocycles. The average molecular weight is 331 g/mol. The molecule has 0 aliphatic carbocycles. The smallest absolute Gasteiger partial charge is 0.220 e. The number of aromatic nitrogens is 2. The number of carbonyl (C=O) groups excluding carboxylic acids is 1. The Hall–Kier alpha value is -2.21. The van der Waals surface area contributed by atoms with E-state index < -0.39 is 0 Å². The van der Waals surface area contributed by atoms with Gasteiger partial charge in [0.25, 0.3) is 0 Å². The summed E-state index contributed by atoms with van der Waals surface area (Å²) in [5.41, 5.74) is 1.99. The molecule has 2 heterocycles. The third-order valence-electron chi connectivity index (χ3n) is 4.39. The molecule has 0 unspecified atom stereocenters. The number of benzene rings is 1. The van der Waals surface area contributed by atoms with Crippen LogP contribution in [0.5, 0.6) is 0 Å². The van der Waals surface area contributed by atoms with Crippen LogP contribution in [0.25, 0.3) is 0 Å².